The fourth-order valence-corrected chi connectivity index (χ4v) is 2.26. The molecule has 0 bridgehead atoms. The minimum atomic E-state index is -0.862. The van der Waals surface area contributed by atoms with E-state index in [1.807, 2.05) is 6.92 Å². The topological polar surface area (TPSA) is 72.2 Å². The van der Waals surface area contributed by atoms with Gasteiger partial charge in [0.15, 0.2) is 0 Å². The monoisotopic (exact) mass is 318 g/mol. The van der Waals surface area contributed by atoms with Gasteiger partial charge >= 0.3 is 0 Å². The Morgan fingerprint density at radius 3 is 2.82 bits per heavy atom. The van der Waals surface area contributed by atoms with Gasteiger partial charge in [0.05, 0.1) is 5.56 Å². The summed E-state index contributed by atoms with van der Waals surface area (Å²) in [7, 11) is -0.862. The maximum Gasteiger partial charge on any atom is 0.253 e. The van der Waals surface area contributed by atoms with Gasteiger partial charge in [-0.3, -0.25) is 9.00 Å². The van der Waals surface area contributed by atoms with Crippen LogP contribution in [0.3, 0.4) is 0 Å². The molecule has 0 saturated heterocycles. The third-order valence-electron chi connectivity index (χ3n) is 2.20. The molecular formula is C11H15BrN2O2S. The lowest BCUT2D eigenvalue weighted by Crippen LogP contribution is -2.28. The summed E-state index contributed by atoms with van der Waals surface area (Å²) < 4.78 is 12.0. The van der Waals surface area contributed by atoms with E-state index in [0.717, 1.165) is 4.47 Å². The number of halogens is 1. The number of nitrogen functional groups attached to an aromatic ring is 1. The third-order valence-corrected chi connectivity index (χ3v) is 3.99. The molecule has 94 valence electrons. The second-order valence-corrected chi connectivity index (χ2v) is 6.20. The van der Waals surface area contributed by atoms with Crippen LogP contribution < -0.4 is 11.1 Å². The number of anilines is 1. The third kappa shape index (κ3) is 4.47. The molecule has 1 amide bonds. The van der Waals surface area contributed by atoms with Crippen LogP contribution in [0.15, 0.2) is 22.7 Å². The van der Waals surface area contributed by atoms with Crippen LogP contribution in [0.5, 0.6) is 0 Å². The first-order valence-electron chi connectivity index (χ1n) is 5.22. The van der Waals surface area contributed by atoms with Gasteiger partial charge in [-0.25, -0.2) is 0 Å². The summed E-state index contributed by atoms with van der Waals surface area (Å²) >= 11 is 3.27. The normalized spacial score (nSPS) is 12.1. The van der Waals surface area contributed by atoms with E-state index in [9.17, 15) is 9.00 Å². The second-order valence-electron chi connectivity index (χ2n) is 3.42. The lowest BCUT2D eigenvalue weighted by atomic mass is 10.2. The number of rotatable bonds is 5. The molecule has 0 aliphatic rings. The quantitative estimate of drug-likeness (QED) is 0.809. The molecular weight excluding hydrogens is 304 g/mol. The minimum Gasteiger partial charge on any atom is -0.398 e. The molecule has 17 heavy (non-hydrogen) atoms. The van der Waals surface area contributed by atoms with Crippen LogP contribution in [0.2, 0.25) is 0 Å². The lowest BCUT2D eigenvalue weighted by molar-refractivity contribution is 0.0957. The molecule has 1 unspecified atom stereocenters. The number of amides is 1. The fraction of sp³-hybridized carbons (Fsp3) is 0.364. The summed E-state index contributed by atoms with van der Waals surface area (Å²) in [6.07, 6.45) is 0. The average molecular weight is 319 g/mol. The minimum absolute atomic E-state index is 0.233. The summed E-state index contributed by atoms with van der Waals surface area (Å²) in [6, 6.07) is 5.10. The largest absolute Gasteiger partial charge is 0.398 e. The SMILES string of the molecule is CCS(=O)CCNC(=O)c1ccc(Br)cc1N. The highest BCUT2D eigenvalue weighted by Crippen LogP contribution is 2.18. The molecule has 0 aromatic heterocycles. The molecule has 6 heteroatoms. The molecule has 0 saturated carbocycles. The molecule has 1 aromatic carbocycles. The molecule has 0 radical (unpaired) electrons. The van der Waals surface area contributed by atoms with Crippen molar-refractivity contribution in [2.75, 3.05) is 23.8 Å². The highest BCUT2D eigenvalue weighted by atomic mass is 79.9. The van der Waals surface area contributed by atoms with Crippen molar-refractivity contribution in [2.45, 2.75) is 6.92 Å². The maximum absolute atomic E-state index is 11.7. The van der Waals surface area contributed by atoms with Crippen molar-refractivity contribution >= 4 is 38.3 Å². The molecule has 3 N–H and O–H groups in total. The number of nitrogens with two attached hydrogens (primary N) is 1. The number of carbonyl (C=O) groups excluding carboxylic acids is 1. The van der Waals surface area contributed by atoms with Crippen LogP contribution in [-0.2, 0) is 10.8 Å². The Bertz CT molecular complexity index is 437. The first-order chi connectivity index (χ1) is 8.04. The van der Waals surface area contributed by atoms with Crippen molar-refractivity contribution in [2.24, 2.45) is 0 Å². The Labute approximate surface area is 112 Å². The summed E-state index contributed by atoms with van der Waals surface area (Å²) in [6.45, 7) is 2.25. The van der Waals surface area contributed by atoms with Crippen LogP contribution >= 0.6 is 15.9 Å². The molecule has 1 aromatic rings. The van der Waals surface area contributed by atoms with Crippen LogP contribution in [-0.4, -0.2) is 28.2 Å². The van der Waals surface area contributed by atoms with Crippen molar-refractivity contribution in [1.82, 2.24) is 5.32 Å². The van der Waals surface area contributed by atoms with Gasteiger partial charge in [-0.2, -0.15) is 0 Å². The fourth-order valence-electron chi connectivity index (χ4n) is 1.26. The van der Waals surface area contributed by atoms with Gasteiger partial charge < -0.3 is 11.1 Å². The van der Waals surface area contributed by atoms with Gasteiger partial charge in [-0.05, 0) is 18.2 Å². The highest BCUT2D eigenvalue weighted by Gasteiger charge is 2.09. The van der Waals surface area contributed by atoms with E-state index in [1.54, 1.807) is 18.2 Å². The molecule has 0 aliphatic heterocycles. The van der Waals surface area contributed by atoms with Crippen molar-refractivity contribution < 1.29 is 9.00 Å². The molecule has 1 rings (SSSR count). The summed E-state index contributed by atoms with van der Waals surface area (Å²) in [5, 5.41) is 2.70. The van der Waals surface area contributed by atoms with E-state index >= 15 is 0 Å². The number of carbonyl (C=O) groups is 1. The Morgan fingerprint density at radius 1 is 1.53 bits per heavy atom. The standard InChI is InChI=1S/C11H15BrN2O2S/c1-2-17(16)6-5-14-11(15)9-4-3-8(12)7-10(9)13/h3-4,7H,2,5-6,13H2,1H3,(H,14,15). The molecule has 0 fully saturated rings. The Kier molecular flexibility index (Phi) is 5.64. The van der Waals surface area contributed by atoms with E-state index in [1.165, 1.54) is 0 Å². The van der Waals surface area contributed by atoms with E-state index in [0.29, 0.717) is 29.3 Å². The van der Waals surface area contributed by atoms with Crippen molar-refractivity contribution in [1.29, 1.82) is 0 Å². The predicted octanol–water partition coefficient (Wildman–Crippen LogP) is 1.53. The predicted molar refractivity (Wildman–Crippen MR) is 74.4 cm³/mol. The van der Waals surface area contributed by atoms with E-state index < -0.39 is 10.8 Å². The smallest absolute Gasteiger partial charge is 0.253 e. The summed E-state index contributed by atoms with van der Waals surface area (Å²) in [5.41, 5.74) is 6.59. The number of benzene rings is 1. The van der Waals surface area contributed by atoms with Gasteiger partial charge in [-0.15, -0.1) is 0 Å². The Balaban J connectivity index is 2.55. The van der Waals surface area contributed by atoms with Crippen LogP contribution in [0.4, 0.5) is 5.69 Å². The van der Waals surface area contributed by atoms with E-state index in [4.69, 9.17) is 5.73 Å². The van der Waals surface area contributed by atoms with Gasteiger partial charge in [0.25, 0.3) is 5.91 Å². The first-order valence-corrected chi connectivity index (χ1v) is 7.51. The molecule has 1 atom stereocenters. The molecule has 0 aliphatic carbocycles. The average Bonchev–Trinajstić information content (AvgIpc) is 2.28. The zero-order valence-electron chi connectivity index (χ0n) is 9.53. The second kappa shape index (κ2) is 6.76. The van der Waals surface area contributed by atoms with Gasteiger partial charge in [0.2, 0.25) is 0 Å². The van der Waals surface area contributed by atoms with Gasteiger partial charge in [0.1, 0.15) is 0 Å². The molecule has 0 spiro atoms. The van der Waals surface area contributed by atoms with Gasteiger partial charge in [-0.1, -0.05) is 22.9 Å². The summed E-state index contributed by atoms with van der Waals surface area (Å²) in [4.78, 5) is 11.7. The molecule has 4 nitrogen and oxygen atoms in total. The Hall–Kier alpha value is -0.880. The lowest BCUT2D eigenvalue weighted by Gasteiger charge is -2.07. The Morgan fingerprint density at radius 2 is 2.24 bits per heavy atom. The van der Waals surface area contributed by atoms with Gasteiger partial charge in [0, 0.05) is 39.0 Å². The number of nitrogens with one attached hydrogen (secondary N) is 1. The van der Waals surface area contributed by atoms with E-state index in [2.05, 4.69) is 21.2 Å². The zero-order valence-corrected chi connectivity index (χ0v) is 11.9. The number of hydrogen-bond acceptors (Lipinski definition) is 3. The van der Waals surface area contributed by atoms with Crippen molar-refractivity contribution in [3.8, 4) is 0 Å². The van der Waals surface area contributed by atoms with Crippen LogP contribution in [0, 0.1) is 0 Å². The number of hydrogen-bond donors (Lipinski definition) is 2. The summed E-state index contributed by atoms with van der Waals surface area (Å²) in [5.74, 6) is 0.845. The van der Waals surface area contributed by atoms with Crippen molar-refractivity contribution in [3.05, 3.63) is 28.2 Å². The van der Waals surface area contributed by atoms with Crippen LogP contribution in [0.25, 0.3) is 0 Å². The van der Waals surface area contributed by atoms with Crippen molar-refractivity contribution in [3.63, 3.8) is 0 Å². The molecule has 0 heterocycles. The maximum atomic E-state index is 11.7. The first kappa shape index (κ1) is 14.2. The highest BCUT2D eigenvalue weighted by molar-refractivity contribution is 9.10. The van der Waals surface area contributed by atoms with E-state index in [-0.39, 0.29) is 5.91 Å². The zero-order chi connectivity index (χ0) is 12.8. The van der Waals surface area contributed by atoms with Crippen LogP contribution in [0.1, 0.15) is 17.3 Å².